The van der Waals surface area contributed by atoms with Crippen molar-refractivity contribution in [1.82, 2.24) is 24.9 Å². The van der Waals surface area contributed by atoms with E-state index in [1.165, 1.54) is 4.80 Å². The van der Waals surface area contributed by atoms with E-state index in [1.807, 2.05) is 25.1 Å². The highest BCUT2D eigenvalue weighted by molar-refractivity contribution is 9.10. The Kier molecular flexibility index (Phi) is 5.18. The van der Waals surface area contributed by atoms with E-state index in [2.05, 4.69) is 31.1 Å². The van der Waals surface area contributed by atoms with Crippen molar-refractivity contribution in [3.8, 4) is 5.69 Å². The smallest absolute Gasteiger partial charge is 0.271 e. The van der Waals surface area contributed by atoms with Crippen LogP contribution in [-0.2, 0) is 0 Å². The molecule has 2 atom stereocenters. The van der Waals surface area contributed by atoms with Crippen LogP contribution in [-0.4, -0.2) is 49.3 Å². The molecule has 4 rings (SSSR count). The van der Waals surface area contributed by atoms with E-state index >= 15 is 0 Å². The summed E-state index contributed by atoms with van der Waals surface area (Å²) in [5, 5.41) is 8.29. The van der Waals surface area contributed by atoms with Gasteiger partial charge >= 0.3 is 0 Å². The van der Waals surface area contributed by atoms with Crippen molar-refractivity contribution in [3.63, 3.8) is 0 Å². The third-order valence-corrected chi connectivity index (χ3v) is 5.63. The van der Waals surface area contributed by atoms with E-state index in [0.29, 0.717) is 23.7 Å². The van der Waals surface area contributed by atoms with Crippen LogP contribution in [0.25, 0.3) is 5.69 Å². The lowest BCUT2D eigenvalue weighted by Gasteiger charge is -2.37. The first-order chi connectivity index (χ1) is 14.0. The first-order valence-corrected chi connectivity index (χ1v) is 9.97. The van der Waals surface area contributed by atoms with Gasteiger partial charge < -0.3 is 15.1 Å². The second kappa shape index (κ2) is 7.78. The quantitative estimate of drug-likeness (QED) is 0.640. The van der Waals surface area contributed by atoms with Crippen molar-refractivity contribution in [1.29, 1.82) is 0 Å². The molecule has 10 heteroatoms. The highest BCUT2D eigenvalue weighted by Gasteiger charge is 2.34. The molecule has 1 aliphatic rings. The van der Waals surface area contributed by atoms with Crippen LogP contribution in [0.5, 0.6) is 0 Å². The lowest BCUT2D eigenvalue weighted by Crippen LogP contribution is -2.45. The van der Waals surface area contributed by atoms with Crippen LogP contribution in [0.4, 0.5) is 0 Å². The molecule has 1 saturated heterocycles. The number of aromatic nitrogens is 4. The highest BCUT2D eigenvalue weighted by Crippen LogP contribution is 2.33. The summed E-state index contributed by atoms with van der Waals surface area (Å²) in [5.41, 5.74) is 6.52. The maximum absolute atomic E-state index is 13.4. The number of amides is 2. The van der Waals surface area contributed by atoms with Gasteiger partial charge in [0.25, 0.3) is 11.8 Å². The Bertz CT molecular complexity index is 1050. The Morgan fingerprint density at radius 1 is 1.21 bits per heavy atom. The molecule has 0 bridgehead atoms. The summed E-state index contributed by atoms with van der Waals surface area (Å²) in [7, 11) is 0. The molecule has 3 heterocycles. The third kappa shape index (κ3) is 3.67. The van der Waals surface area contributed by atoms with Gasteiger partial charge in [-0.15, -0.1) is 0 Å². The summed E-state index contributed by atoms with van der Waals surface area (Å²) in [6.07, 6.45) is 4.71. The number of rotatable bonds is 4. The van der Waals surface area contributed by atoms with E-state index in [0.717, 1.165) is 12.8 Å². The summed E-state index contributed by atoms with van der Waals surface area (Å²) >= 11 is 3.18. The molecule has 0 radical (unpaired) electrons. The molecule has 2 N–H and O–H groups in total. The Balaban J connectivity index is 1.62. The van der Waals surface area contributed by atoms with Crippen LogP contribution < -0.4 is 5.73 Å². The number of halogens is 1. The minimum atomic E-state index is -0.662. The highest BCUT2D eigenvalue weighted by atomic mass is 79.9. The number of carbonyl (C=O) groups is 2. The fourth-order valence-corrected chi connectivity index (χ4v) is 4.01. The topological polar surface area (TPSA) is 120 Å². The van der Waals surface area contributed by atoms with Gasteiger partial charge in [-0.3, -0.25) is 9.59 Å². The lowest BCUT2D eigenvalue weighted by atomic mass is 9.92. The molecular formula is C19H19BrN6O3. The molecule has 0 aliphatic carbocycles. The number of piperidine rings is 1. The number of nitrogens with zero attached hydrogens (tertiary/aromatic N) is 5. The second-order valence-corrected chi connectivity index (χ2v) is 7.68. The average Bonchev–Trinajstić information content (AvgIpc) is 3.38. The van der Waals surface area contributed by atoms with Crippen molar-refractivity contribution in [2.75, 3.05) is 6.54 Å². The fourth-order valence-electron chi connectivity index (χ4n) is 3.56. The molecule has 0 unspecified atom stereocenters. The number of nitrogens with two attached hydrogens (primary N) is 1. The molecular weight excluding hydrogens is 440 g/mol. The van der Waals surface area contributed by atoms with E-state index in [4.69, 9.17) is 10.2 Å². The number of carbonyl (C=O) groups excluding carboxylic acids is 2. The minimum Gasteiger partial charge on any atom is -0.433 e. The van der Waals surface area contributed by atoms with Crippen molar-refractivity contribution in [3.05, 3.63) is 58.5 Å². The summed E-state index contributed by atoms with van der Waals surface area (Å²) in [5.74, 6) is -0.507. The third-order valence-electron chi connectivity index (χ3n) is 5.10. The Morgan fingerprint density at radius 3 is 2.62 bits per heavy atom. The van der Waals surface area contributed by atoms with Gasteiger partial charge in [0.1, 0.15) is 0 Å². The second-order valence-electron chi connectivity index (χ2n) is 6.96. The van der Waals surface area contributed by atoms with Gasteiger partial charge in [-0.1, -0.05) is 12.1 Å². The van der Waals surface area contributed by atoms with E-state index in [-0.39, 0.29) is 28.2 Å². The maximum Gasteiger partial charge on any atom is 0.271 e. The number of primary amides is 1. The summed E-state index contributed by atoms with van der Waals surface area (Å²) in [6.45, 7) is 2.44. The van der Waals surface area contributed by atoms with Gasteiger partial charge in [-0.2, -0.15) is 15.0 Å². The molecule has 0 saturated carbocycles. The Labute approximate surface area is 175 Å². The minimum absolute atomic E-state index is 0.0476. The molecule has 150 valence electrons. The number of para-hydroxylation sites is 1. The Hall–Kier alpha value is -3.01. The van der Waals surface area contributed by atoms with Gasteiger partial charge in [0.05, 0.1) is 29.6 Å². The standard InChI is InChI=1S/C19H19BrN6O3/c1-11-6-7-12(18-24-15(17(21)27)16(20)29-18)10-25(11)19(28)13-4-2-3-5-14(13)26-22-8-9-23-26/h2-5,8-9,11-12H,6-7,10H2,1H3,(H2,21,27)/t11-,12-/m1/s1. The number of benzene rings is 1. The predicted molar refractivity (Wildman–Crippen MR) is 107 cm³/mol. The molecule has 2 aromatic heterocycles. The fraction of sp³-hybridized carbons (Fsp3) is 0.316. The summed E-state index contributed by atoms with van der Waals surface area (Å²) in [6, 6.07) is 7.28. The lowest BCUT2D eigenvalue weighted by molar-refractivity contribution is 0.0596. The molecule has 1 fully saturated rings. The monoisotopic (exact) mass is 458 g/mol. The molecule has 3 aromatic rings. The zero-order chi connectivity index (χ0) is 20.5. The number of hydrogen-bond donors (Lipinski definition) is 1. The zero-order valence-electron chi connectivity index (χ0n) is 15.7. The van der Waals surface area contributed by atoms with Crippen LogP contribution in [0.2, 0.25) is 0 Å². The van der Waals surface area contributed by atoms with E-state index in [1.54, 1.807) is 23.4 Å². The van der Waals surface area contributed by atoms with Crippen LogP contribution in [0, 0.1) is 0 Å². The van der Waals surface area contributed by atoms with Crippen LogP contribution in [0.1, 0.15) is 52.4 Å². The number of oxazole rings is 1. The van der Waals surface area contributed by atoms with Crippen LogP contribution >= 0.6 is 15.9 Å². The van der Waals surface area contributed by atoms with Crippen LogP contribution in [0.15, 0.2) is 45.7 Å². The van der Waals surface area contributed by atoms with Crippen molar-refractivity contribution in [2.24, 2.45) is 5.73 Å². The summed E-state index contributed by atoms with van der Waals surface area (Å²) < 4.78 is 5.82. The Morgan fingerprint density at radius 2 is 1.93 bits per heavy atom. The van der Waals surface area contributed by atoms with Crippen molar-refractivity contribution in [2.45, 2.75) is 31.7 Å². The largest absolute Gasteiger partial charge is 0.433 e. The maximum atomic E-state index is 13.4. The number of likely N-dealkylation sites (tertiary alicyclic amines) is 1. The van der Waals surface area contributed by atoms with Crippen LogP contribution in [0.3, 0.4) is 0 Å². The SMILES string of the molecule is C[C@@H]1CC[C@@H](c2nc(C(N)=O)c(Br)o2)CN1C(=O)c1ccccc1-n1nccn1. The van der Waals surface area contributed by atoms with Crippen molar-refractivity contribution < 1.29 is 14.0 Å². The molecule has 9 nitrogen and oxygen atoms in total. The molecule has 0 spiro atoms. The average molecular weight is 459 g/mol. The van der Waals surface area contributed by atoms with Gasteiger partial charge in [0.15, 0.2) is 5.69 Å². The molecule has 2 amide bonds. The van der Waals surface area contributed by atoms with Gasteiger partial charge in [-0.25, -0.2) is 4.98 Å². The predicted octanol–water partition coefficient (Wildman–Crippen LogP) is 2.53. The van der Waals surface area contributed by atoms with Gasteiger partial charge in [-0.05, 0) is 47.8 Å². The van der Waals surface area contributed by atoms with E-state index < -0.39 is 5.91 Å². The van der Waals surface area contributed by atoms with E-state index in [9.17, 15) is 9.59 Å². The molecule has 29 heavy (non-hydrogen) atoms. The van der Waals surface area contributed by atoms with Gasteiger partial charge in [0.2, 0.25) is 10.6 Å². The normalized spacial score (nSPS) is 19.3. The molecule has 1 aromatic carbocycles. The van der Waals surface area contributed by atoms with Crippen molar-refractivity contribution >= 4 is 27.7 Å². The summed E-state index contributed by atoms with van der Waals surface area (Å²) in [4.78, 5) is 32.3. The number of hydrogen-bond acceptors (Lipinski definition) is 6. The first kappa shape index (κ1) is 19.3. The van der Waals surface area contributed by atoms with Gasteiger partial charge in [0, 0.05) is 12.6 Å². The zero-order valence-corrected chi connectivity index (χ0v) is 17.2. The first-order valence-electron chi connectivity index (χ1n) is 9.18. The molecule has 1 aliphatic heterocycles.